The minimum atomic E-state index is 0.402. The minimum Gasteiger partial charge on any atom is -0.207 e. The maximum absolute atomic E-state index is 7.91. The summed E-state index contributed by atoms with van der Waals surface area (Å²) in [7, 11) is 0.402. The Morgan fingerprint density at radius 3 is 2.83 bits per heavy atom. The van der Waals surface area contributed by atoms with Crippen molar-refractivity contribution in [2.75, 3.05) is 0 Å². The smallest absolute Gasteiger partial charge is 0.191 e. The van der Waals surface area contributed by atoms with Gasteiger partial charge in [-0.25, -0.2) is 5.26 Å². The third-order valence-corrected chi connectivity index (χ3v) is 0.976. The Hall–Kier alpha value is -0.553. The molecule has 6 heavy (non-hydrogen) atoms. The number of hydrogen-bond acceptors (Lipinski definition) is 1. The van der Waals surface area contributed by atoms with E-state index in [1.54, 1.807) is 6.08 Å². The molecule has 0 N–H and O–H groups in total. The molecule has 0 atom stereocenters. The zero-order valence-corrected chi connectivity index (χ0v) is 4.44. The van der Waals surface area contributed by atoms with Gasteiger partial charge < -0.3 is 0 Å². The predicted octanol–water partition coefficient (Wildman–Crippen LogP) is 0.776. The Kier molecular flexibility index (Phi) is 4.04. The second-order valence-electron chi connectivity index (χ2n) is 0.781. The molecule has 0 aromatic rings. The molecule has 0 saturated heterocycles. The topological polar surface area (TPSA) is 23.8 Å². The van der Waals surface area contributed by atoms with Gasteiger partial charge in [-0.3, -0.25) is 0 Å². The normalized spacial score (nSPS) is 6.50. The lowest BCUT2D eigenvalue weighted by atomic mass is 10.8. The third-order valence-electron chi connectivity index (χ3n) is 0.325. The largest absolute Gasteiger partial charge is 0.207 e. The van der Waals surface area contributed by atoms with Gasteiger partial charge in [0.05, 0.1) is 0 Å². The second-order valence-corrected chi connectivity index (χ2v) is 1.77. The van der Waals surface area contributed by atoms with Gasteiger partial charge in [-0.05, 0) is 6.04 Å². The molecule has 0 aliphatic carbocycles. The van der Waals surface area contributed by atoms with E-state index in [1.807, 2.05) is 5.69 Å². The van der Waals surface area contributed by atoms with Crippen molar-refractivity contribution in [1.82, 2.24) is 0 Å². The van der Waals surface area contributed by atoms with Crippen molar-refractivity contribution in [2.24, 2.45) is 0 Å². The summed E-state index contributed by atoms with van der Waals surface area (Å²) in [5.74, 6) is 0. The van der Waals surface area contributed by atoms with Crippen LogP contribution in [0.4, 0.5) is 0 Å². The Morgan fingerprint density at radius 1 is 2.00 bits per heavy atom. The quantitative estimate of drug-likeness (QED) is 0.282. The molecule has 0 heterocycles. The average Bonchev–Trinajstić information content (AvgIpc) is 1.61. The van der Waals surface area contributed by atoms with Gasteiger partial charge in [0.15, 0.2) is 9.52 Å². The number of rotatable bonds is 2. The summed E-state index contributed by atoms with van der Waals surface area (Å²) in [6.45, 7) is 3.45. The van der Waals surface area contributed by atoms with Gasteiger partial charge in [0.2, 0.25) is 0 Å². The number of allylic oxidation sites excluding steroid dienone is 1. The summed E-state index contributed by atoms with van der Waals surface area (Å²) in [4.78, 5) is 0. The van der Waals surface area contributed by atoms with Crippen LogP contribution in [0.2, 0.25) is 6.04 Å². The van der Waals surface area contributed by atoms with Crippen LogP contribution in [-0.2, 0) is 0 Å². The van der Waals surface area contributed by atoms with E-state index in [2.05, 4.69) is 6.58 Å². The second kappa shape index (κ2) is 4.45. The summed E-state index contributed by atoms with van der Waals surface area (Å²) < 4.78 is 0. The van der Waals surface area contributed by atoms with Crippen molar-refractivity contribution in [3.05, 3.63) is 12.7 Å². The highest BCUT2D eigenvalue weighted by atomic mass is 28.2. The monoisotopic (exact) mass is 95.0 g/mol. The van der Waals surface area contributed by atoms with E-state index in [0.29, 0.717) is 9.52 Å². The summed E-state index contributed by atoms with van der Waals surface area (Å²) in [6, 6.07) is 0.844. The molecular formula is C4H5NSi. The standard InChI is InChI=1S/C4H5NSi/c1-2-3-6-4-5/h2H,1,3H2. The maximum atomic E-state index is 7.91. The summed E-state index contributed by atoms with van der Waals surface area (Å²) >= 11 is 0. The van der Waals surface area contributed by atoms with Crippen molar-refractivity contribution in [1.29, 1.82) is 5.26 Å². The molecule has 30 valence electrons. The van der Waals surface area contributed by atoms with E-state index in [4.69, 9.17) is 5.26 Å². The first-order valence-electron chi connectivity index (χ1n) is 1.64. The zero-order chi connectivity index (χ0) is 4.83. The summed E-state index contributed by atoms with van der Waals surface area (Å²) in [5.41, 5.74) is 2.03. The fraction of sp³-hybridized carbons (Fsp3) is 0.250. The fourth-order valence-corrected chi connectivity index (χ4v) is 0.353. The van der Waals surface area contributed by atoms with Crippen LogP contribution in [0.5, 0.6) is 0 Å². The van der Waals surface area contributed by atoms with E-state index in [9.17, 15) is 0 Å². The Balaban J connectivity index is 2.72. The van der Waals surface area contributed by atoms with E-state index < -0.39 is 0 Å². The molecule has 2 heteroatoms. The molecule has 0 aromatic carbocycles. The van der Waals surface area contributed by atoms with E-state index in [1.165, 1.54) is 0 Å². The van der Waals surface area contributed by atoms with Gasteiger partial charge in [-0.1, -0.05) is 6.08 Å². The van der Waals surface area contributed by atoms with Crippen molar-refractivity contribution >= 4 is 9.52 Å². The highest BCUT2D eigenvalue weighted by Crippen LogP contribution is 1.72. The van der Waals surface area contributed by atoms with Crippen LogP contribution in [0.25, 0.3) is 0 Å². The first kappa shape index (κ1) is 5.45. The summed E-state index contributed by atoms with van der Waals surface area (Å²) in [6.07, 6.45) is 1.75. The zero-order valence-electron chi connectivity index (χ0n) is 3.44. The van der Waals surface area contributed by atoms with Gasteiger partial charge in [0.25, 0.3) is 0 Å². The molecule has 0 amide bonds. The molecule has 0 rings (SSSR count). The van der Waals surface area contributed by atoms with Crippen molar-refractivity contribution < 1.29 is 0 Å². The lowest BCUT2D eigenvalue weighted by Gasteiger charge is -1.67. The molecule has 0 saturated carbocycles. The minimum absolute atomic E-state index is 0.402. The van der Waals surface area contributed by atoms with Gasteiger partial charge in [0, 0.05) is 5.69 Å². The molecular weight excluding hydrogens is 90.1 g/mol. The number of nitriles is 1. The molecule has 0 unspecified atom stereocenters. The molecule has 0 spiro atoms. The first-order chi connectivity index (χ1) is 2.91. The van der Waals surface area contributed by atoms with Gasteiger partial charge in [-0.15, -0.1) is 6.58 Å². The van der Waals surface area contributed by atoms with Gasteiger partial charge in [-0.2, -0.15) is 0 Å². The van der Waals surface area contributed by atoms with Crippen LogP contribution in [0.3, 0.4) is 0 Å². The van der Waals surface area contributed by atoms with Crippen molar-refractivity contribution in [3.63, 3.8) is 0 Å². The lowest BCUT2D eigenvalue weighted by Crippen LogP contribution is -1.75. The van der Waals surface area contributed by atoms with E-state index in [-0.39, 0.29) is 0 Å². The average molecular weight is 95.2 g/mol. The number of nitrogens with zero attached hydrogens (tertiary/aromatic N) is 1. The molecule has 0 bridgehead atoms. The predicted molar refractivity (Wildman–Crippen MR) is 26.4 cm³/mol. The highest BCUT2D eigenvalue weighted by molar-refractivity contribution is 6.45. The van der Waals surface area contributed by atoms with Gasteiger partial charge >= 0.3 is 0 Å². The van der Waals surface area contributed by atoms with E-state index in [0.717, 1.165) is 6.04 Å². The summed E-state index contributed by atoms with van der Waals surface area (Å²) in [5, 5.41) is 7.91. The first-order valence-corrected chi connectivity index (χ1v) is 2.85. The van der Waals surface area contributed by atoms with Gasteiger partial charge in [0.1, 0.15) is 0 Å². The Labute approximate surface area is 40.1 Å². The third kappa shape index (κ3) is 3.45. The van der Waals surface area contributed by atoms with Crippen LogP contribution in [-0.4, -0.2) is 9.52 Å². The SMILES string of the molecule is C=CC[Si]C#N. The van der Waals surface area contributed by atoms with Crippen LogP contribution in [0.1, 0.15) is 0 Å². The molecule has 1 nitrogen and oxygen atoms in total. The van der Waals surface area contributed by atoms with Crippen molar-refractivity contribution in [2.45, 2.75) is 6.04 Å². The molecule has 0 aliphatic rings. The fourth-order valence-electron chi connectivity index (χ4n) is 0.118. The molecule has 0 aliphatic heterocycles. The molecule has 0 fully saturated rings. The number of hydrogen-bond donors (Lipinski definition) is 0. The van der Waals surface area contributed by atoms with E-state index >= 15 is 0 Å². The molecule has 0 aromatic heterocycles. The Bertz CT molecular complexity index is 72.1. The van der Waals surface area contributed by atoms with Crippen LogP contribution >= 0.6 is 0 Å². The molecule has 2 radical (unpaired) electrons. The van der Waals surface area contributed by atoms with Crippen molar-refractivity contribution in [3.8, 4) is 5.69 Å². The lowest BCUT2D eigenvalue weighted by molar-refractivity contribution is 1.55. The van der Waals surface area contributed by atoms with Crippen LogP contribution in [0.15, 0.2) is 12.7 Å². The van der Waals surface area contributed by atoms with Crippen LogP contribution in [0, 0.1) is 11.0 Å². The highest BCUT2D eigenvalue weighted by Gasteiger charge is 1.74. The van der Waals surface area contributed by atoms with Crippen LogP contribution < -0.4 is 0 Å². The maximum Gasteiger partial charge on any atom is 0.191 e. The Morgan fingerprint density at radius 2 is 2.67 bits per heavy atom.